The number of hydrogen-bond acceptors (Lipinski definition) is 2. The zero-order valence-corrected chi connectivity index (χ0v) is 10.1. The number of carboxylic acid groups (broad SMARTS) is 1. The Bertz CT molecular complexity index is 486. The monoisotopic (exact) mass is 245 g/mol. The van der Waals surface area contributed by atoms with Crippen molar-refractivity contribution < 1.29 is 14.7 Å². The van der Waals surface area contributed by atoms with E-state index in [2.05, 4.69) is 11.9 Å². The minimum atomic E-state index is -1.15. The van der Waals surface area contributed by atoms with E-state index >= 15 is 0 Å². The molecule has 0 aliphatic carbocycles. The summed E-state index contributed by atoms with van der Waals surface area (Å²) >= 11 is 0. The number of nitrogens with one attached hydrogen (secondary N) is 1. The summed E-state index contributed by atoms with van der Waals surface area (Å²) in [6.45, 7) is 5.94. The number of carbonyl (C=O) groups excluding carboxylic acids is 1. The predicted molar refractivity (Wildman–Crippen MR) is 71.2 cm³/mol. The fourth-order valence-corrected chi connectivity index (χ4v) is 1.32. The highest BCUT2D eigenvalue weighted by Gasteiger charge is 2.00. The smallest absolute Gasteiger partial charge is 0.328 e. The summed E-state index contributed by atoms with van der Waals surface area (Å²) in [5, 5.41) is 10.9. The van der Waals surface area contributed by atoms with Crippen LogP contribution in [0.3, 0.4) is 0 Å². The minimum absolute atomic E-state index is 0.473. The summed E-state index contributed by atoms with van der Waals surface area (Å²) < 4.78 is 0. The summed E-state index contributed by atoms with van der Waals surface area (Å²) in [5.74, 6) is -1.63. The zero-order chi connectivity index (χ0) is 13.5. The second-order valence-electron chi connectivity index (χ2n) is 3.70. The van der Waals surface area contributed by atoms with E-state index in [1.807, 2.05) is 19.1 Å². The van der Waals surface area contributed by atoms with Gasteiger partial charge < -0.3 is 10.4 Å². The van der Waals surface area contributed by atoms with Gasteiger partial charge in [-0.3, -0.25) is 4.79 Å². The molecule has 0 heterocycles. The van der Waals surface area contributed by atoms with E-state index in [-0.39, 0.29) is 0 Å². The number of anilines is 1. The van der Waals surface area contributed by atoms with Gasteiger partial charge in [-0.1, -0.05) is 25.6 Å². The van der Waals surface area contributed by atoms with Crippen molar-refractivity contribution in [3.8, 4) is 0 Å². The number of rotatable bonds is 5. The average molecular weight is 245 g/mol. The minimum Gasteiger partial charge on any atom is -0.478 e. The molecule has 0 spiro atoms. The molecule has 1 aromatic carbocycles. The first-order valence-electron chi connectivity index (χ1n) is 5.53. The van der Waals surface area contributed by atoms with Gasteiger partial charge in [0.15, 0.2) is 0 Å². The van der Waals surface area contributed by atoms with Gasteiger partial charge in [0.25, 0.3) is 0 Å². The number of carbonyl (C=O) groups is 2. The molecule has 4 heteroatoms. The fourth-order valence-electron chi connectivity index (χ4n) is 1.32. The molecule has 4 nitrogen and oxygen atoms in total. The molecule has 0 saturated carbocycles. The molecule has 1 aromatic rings. The zero-order valence-electron chi connectivity index (χ0n) is 10.1. The molecule has 0 saturated heterocycles. The average Bonchev–Trinajstić information content (AvgIpc) is 2.36. The van der Waals surface area contributed by atoms with Gasteiger partial charge in [0.05, 0.1) is 0 Å². The molecule has 1 rings (SSSR count). The first-order valence-corrected chi connectivity index (χ1v) is 5.53. The molecule has 0 aromatic heterocycles. The summed E-state index contributed by atoms with van der Waals surface area (Å²) in [6, 6.07) is 7.23. The third-order valence-electron chi connectivity index (χ3n) is 2.36. The Kier molecular flexibility index (Phi) is 4.87. The summed E-state index contributed by atoms with van der Waals surface area (Å²) in [4.78, 5) is 21.5. The Hall–Kier alpha value is -2.36. The Morgan fingerprint density at radius 1 is 1.28 bits per heavy atom. The van der Waals surface area contributed by atoms with Gasteiger partial charge in [-0.15, -0.1) is 0 Å². The third kappa shape index (κ3) is 4.25. The van der Waals surface area contributed by atoms with Gasteiger partial charge in [0, 0.05) is 17.8 Å². The number of aliphatic carboxylic acids is 1. The molecule has 1 amide bonds. The predicted octanol–water partition coefficient (Wildman–Crippen LogP) is 2.69. The molecule has 0 aliphatic heterocycles. The fraction of sp³-hybridized carbons (Fsp3) is 0.143. The molecular weight excluding hydrogens is 230 g/mol. The highest BCUT2D eigenvalue weighted by molar-refractivity contribution is 6.02. The maximum atomic E-state index is 11.3. The number of amides is 1. The molecule has 0 fully saturated rings. The number of allylic oxidation sites excluding steroid dienone is 1. The van der Waals surface area contributed by atoms with E-state index in [4.69, 9.17) is 5.11 Å². The van der Waals surface area contributed by atoms with Gasteiger partial charge in [0.2, 0.25) is 5.91 Å². The topological polar surface area (TPSA) is 66.4 Å². The lowest BCUT2D eigenvalue weighted by Gasteiger charge is -2.05. The van der Waals surface area contributed by atoms with E-state index in [1.165, 1.54) is 0 Å². The highest BCUT2D eigenvalue weighted by atomic mass is 16.4. The van der Waals surface area contributed by atoms with Crippen LogP contribution in [0.1, 0.15) is 18.9 Å². The number of benzene rings is 1. The van der Waals surface area contributed by atoms with Crippen molar-refractivity contribution in [2.75, 3.05) is 5.32 Å². The van der Waals surface area contributed by atoms with Crippen LogP contribution in [0.15, 0.2) is 43.0 Å². The first-order chi connectivity index (χ1) is 8.52. The van der Waals surface area contributed by atoms with Crippen molar-refractivity contribution in [1.82, 2.24) is 0 Å². The summed E-state index contributed by atoms with van der Waals surface area (Å²) in [6.07, 6.45) is 2.64. The Balaban J connectivity index is 2.66. The lowest BCUT2D eigenvalue weighted by Crippen LogP contribution is -2.08. The lowest BCUT2D eigenvalue weighted by molar-refractivity contribution is -0.131. The largest absolute Gasteiger partial charge is 0.478 e. The molecule has 0 aliphatic rings. The molecule has 0 bridgehead atoms. The Morgan fingerprint density at radius 3 is 2.39 bits per heavy atom. The highest BCUT2D eigenvalue weighted by Crippen LogP contribution is 2.18. The van der Waals surface area contributed by atoms with Gasteiger partial charge in [-0.25, -0.2) is 4.79 Å². The molecular formula is C14H15NO3. The maximum Gasteiger partial charge on any atom is 0.328 e. The first kappa shape index (κ1) is 13.7. The second kappa shape index (κ2) is 6.39. The van der Waals surface area contributed by atoms with Crippen molar-refractivity contribution in [2.45, 2.75) is 13.3 Å². The Morgan fingerprint density at radius 2 is 1.89 bits per heavy atom. The van der Waals surface area contributed by atoms with Crippen LogP contribution in [-0.2, 0) is 9.59 Å². The molecule has 0 radical (unpaired) electrons. The van der Waals surface area contributed by atoms with Crippen LogP contribution in [0, 0.1) is 0 Å². The summed E-state index contributed by atoms with van der Waals surface area (Å²) in [5.41, 5.74) is 2.66. The van der Waals surface area contributed by atoms with Gasteiger partial charge >= 0.3 is 5.97 Å². The van der Waals surface area contributed by atoms with E-state index in [9.17, 15) is 9.59 Å². The molecule has 18 heavy (non-hydrogen) atoms. The molecule has 0 unspecified atom stereocenters. The van der Waals surface area contributed by atoms with Crippen LogP contribution in [0.25, 0.3) is 5.57 Å². The number of carboxylic acids is 1. The summed E-state index contributed by atoms with van der Waals surface area (Å²) in [7, 11) is 0. The van der Waals surface area contributed by atoms with Crippen LogP contribution < -0.4 is 5.32 Å². The van der Waals surface area contributed by atoms with Crippen molar-refractivity contribution in [3.05, 3.63) is 48.6 Å². The van der Waals surface area contributed by atoms with Crippen LogP contribution in [-0.4, -0.2) is 17.0 Å². The van der Waals surface area contributed by atoms with Gasteiger partial charge in [0.1, 0.15) is 0 Å². The van der Waals surface area contributed by atoms with E-state index in [0.29, 0.717) is 5.69 Å². The standard InChI is InChI=1S/C14H15NO3/c1-3-10(2)11-4-6-12(7-5-11)15-13(16)8-9-14(17)18/h4-9H,2-3H2,1H3,(H,15,16)(H,17,18). The second-order valence-corrected chi connectivity index (χ2v) is 3.70. The normalized spacial score (nSPS) is 10.3. The van der Waals surface area contributed by atoms with Crippen LogP contribution in [0.2, 0.25) is 0 Å². The van der Waals surface area contributed by atoms with E-state index in [1.54, 1.807) is 12.1 Å². The quantitative estimate of drug-likeness (QED) is 0.784. The van der Waals surface area contributed by atoms with E-state index in [0.717, 1.165) is 29.7 Å². The van der Waals surface area contributed by atoms with Gasteiger partial charge in [-0.05, 0) is 29.7 Å². The van der Waals surface area contributed by atoms with Gasteiger partial charge in [-0.2, -0.15) is 0 Å². The lowest BCUT2D eigenvalue weighted by atomic mass is 10.1. The third-order valence-corrected chi connectivity index (χ3v) is 2.36. The van der Waals surface area contributed by atoms with Crippen LogP contribution >= 0.6 is 0 Å². The van der Waals surface area contributed by atoms with Crippen molar-refractivity contribution in [3.63, 3.8) is 0 Å². The van der Waals surface area contributed by atoms with Crippen LogP contribution in [0.5, 0.6) is 0 Å². The maximum absolute atomic E-state index is 11.3. The SMILES string of the molecule is C=C(CC)c1ccc(NC(=O)C=CC(=O)O)cc1. The van der Waals surface area contributed by atoms with Crippen molar-refractivity contribution in [2.24, 2.45) is 0 Å². The number of hydrogen-bond donors (Lipinski definition) is 2. The Labute approximate surface area is 106 Å². The molecule has 94 valence electrons. The van der Waals surface area contributed by atoms with E-state index < -0.39 is 11.9 Å². The molecule has 2 N–H and O–H groups in total. The molecule has 0 atom stereocenters. The van der Waals surface area contributed by atoms with Crippen LogP contribution in [0.4, 0.5) is 5.69 Å². The van der Waals surface area contributed by atoms with Crippen molar-refractivity contribution >= 4 is 23.1 Å². The van der Waals surface area contributed by atoms with Crippen molar-refractivity contribution in [1.29, 1.82) is 0 Å².